The van der Waals surface area contributed by atoms with Gasteiger partial charge in [-0.05, 0) is 24.1 Å². The van der Waals surface area contributed by atoms with E-state index in [0.717, 1.165) is 24.1 Å². The molecule has 1 unspecified atom stereocenters. The van der Waals surface area contributed by atoms with Crippen molar-refractivity contribution in [2.24, 2.45) is 5.92 Å². The Morgan fingerprint density at radius 2 is 2.16 bits per heavy atom. The Morgan fingerprint density at radius 1 is 1.36 bits per heavy atom. The second-order valence-electron chi connectivity index (χ2n) is 6.64. The second kappa shape index (κ2) is 9.89. The van der Waals surface area contributed by atoms with Gasteiger partial charge in [0.15, 0.2) is 0 Å². The number of morpholine rings is 1. The number of carbonyl (C=O) groups excluding carboxylic acids is 2. The lowest BCUT2D eigenvalue weighted by Gasteiger charge is -2.33. The highest BCUT2D eigenvalue weighted by Gasteiger charge is 2.21. The van der Waals surface area contributed by atoms with Crippen LogP contribution < -0.4 is 10.6 Å². The fourth-order valence-corrected chi connectivity index (χ4v) is 3.17. The van der Waals surface area contributed by atoms with Crippen molar-refractivity contribution >= 4 is 27.7 Å². The third-order valence-corrected chi connectivity index (χ3v) is 4.36. The summed E-state index contributed by atoms with van der Waals surface area (Å²) in [6.45, 7) is 8.28. The average molecular weight is 412 g/mol. The van der Waals surface area contributed by atoms with Crippen molar-refractivity contribution in [3.05, 3.63) is 34.3 Å². The molecule has 7 heteroatoms. The molecule has 2 rings (SSSR count). The summed E-state index contributed by atoms with van der Waals surface area (Å²) < 4.78 is 6.52. The number of ether oxygens (including phenoxy) is 1. The topological polar surface area (TPSA) is 70.7 Å². The van der Waals surface area contributed by atoms with E-state index in [1.807, 2.05) is 6.07 Å². The molecule has 6 nitrogen and oxygen atoms in total. The SMILES string of the molecule is CC(C)CN1CCOC(CNC(=O)CNC(=O)c2cccc(Br)c2)C1. The number of carbonyl (C=O) groups is 2. The molecular weight excluding hydrogens is 386 g/mol. The molecule has 0 aliphatic carbocycles. The van der Waals surface area contributed by atoms with Crippen molar-refractivity contribution in [2.75, 3.05) is 39.3 Å². The zero-order valence-corrected chi connectivity index (χ0v) is 16.3. The lowest BCUT2D eigenvalue weighted by atomic mass is 10.2. The first kappa shape index (κ1) is 19.9. The van der Waals surface area contributed by atoms with Crippen molar-refractivity contribution < 1.29 is 14.3 Å². The molecule has 25 heavy (non-hydrogen) atoms. The van der Waals surface area contributed by atoms with E-state index in [1.54, 1.807) is 18.2 Å². The quantitative estimate of drug-likeness (QED) is 0.715. The molecule has 1 aromatic rings. The normalized spacial score (nSPS) is 18.2. The third kappa shape index (κ3) is 7.13. The third-order valence-electron chi connectivity index (χ3n) is 3.87. The van der Waals surface area contributed by atoms with Crippen molar-refractivity contribution in [3.63, 3.8) is 0 Å². The van der Waals surface area contributed by atoms with Crippen LogP contribution in [-0.2, 0) is 9.53 Å². The van der Waals surface area contributed by atoms with E-state index in [1.165, 1.54) is 0 Å². The van der Waals surface area contributed by atoms with Gasteiger partial charge in [-0.15, -0.1) is 0 Å². The molecule has 0 spiro atoms. The van der Waals surface area contributed by atoms with Crippen LogP contribution in [0, 0.1) is 5.92 Å². The lowest BCUT2D eigenvalue weighted by Crippen LogP contribution is -2.49. The fourth-order valence-electron chi connectivity index (χ4n) is 2.77. The molecule has 1 aromatic carbocycles. The molecule has 1 fully saturated rings. The maximum absolute atomic E-state index is 12.0. The molecule has 2 N–H and O–H groups in total. The number of benzene rings is 1. The van der Waals surface area contributed by atoms with Crippen molar-refractivity contribution in [2.45, 2.75) is 20.0 Å². The van der Waals surface area contributed by atoms with Gasteiger partial charge in [0.05, 0.1) is 19.3 Å². The smallest absolute Gasteiger partial charge is 0.251 e. The molecule has 0 bridgehead atoms. The first-order chi connectivity index (χ1) is 11.9. The van der Waals surface area contributed by atoms with Gasteiger partial charge in [0.25, 0.3) is 5.91 Å². The van der Waals surface area contributed by atoms with Crippen LogP contribution in [0.5, 0.6) is 0 Å². The van der Waals surface area contributed by atoms with Gasteiger partial charge >= 0.3 is 0 Å². The van der Waals surface area contributed by atoms with Crippen LogP contribution in [0.15, 0.2) is 28.7 Å². The number of hydrogen-bond donors (Lipinski definition) is 2. The van der Waals surface area contributed by atoms with Gasteiger partial charge in [0.2, 0.25) is 5.91 Å². The van der Waals surface area contributed by atoms with Crippen LogP contribution in [0.25, 0.3) is 0 Å². The summed E-state index contributed by atoms with van der Waals surface area (Å²) in [5, 5.41) is 5.46. The van der Waals surface area contributed by atoms with Crippen LogP contribution in [0.4, 0.5) is 0 Å². The Hall–Kier alpha value is -1.44. The Kier molecular flexibility index (Phi) is 7.87. The van der Waals surface area contributed by atoms with Gasteiger partial charge < -0.3 is 15.4 Å². The van der Waals surface area contributed by atoms with Gasteiger partial charge in [0, 0.05) is 36.2 Å². The minimum atomic E-state index is -0.270. The van der Waals surface area contributed by atoms with E-state index in [4.69, 9.17) is 4.74 Å². The summed E-state index contributed by atoms with van der Waals surface area (Å²) in [5.74, 6) is 0.128. The van der Waals surface area contributed by atoms with Crippen LogP contribution in [0.1, 0.15) is 24.2 Å². The van der Waals surface area contributed by atoms with Gasteiger partial charge in [-0.3, -0.25) is 14.5 Å². The number of halogens is 1. The van der Waals surface area contributed by atoms with Crippen LogP contribution in [0.3, 0.4) is 0 Å². The molecule has 1 atom stereocenters. The Bertz CT molecular complexity index is 595. The van der Waals surface area contributed by atoms with Crippen molar-refractivity contribution in [1.29, 1.82) is 0 Å². The largest absolute Gasteiger partial charge is 0.374 e. The summed E-state index contributed by atoms with van der Waals surface area (Å²) >= 11 is 3.32. The van der Waals surface area contributed by atoms with Crippen molar-refractivity contribution in [3.8, 4) is 0 Å². The zero-order chi connectivity index (χ0) is 18.2. The highest BCUT2D eigenvalue weighted by atomic mass is 79.9. The molecular formula is C18H26BrN3O3. The van der Waals surface area contributed by atoms with E-state index in [-0.39, 0.29) is 24.5 Å². The summed E-state index contributed by atoms with van der Waals surface area (Å²) in [6, 6.07) is 7.04. The highest BCUT2D eigenvalue weighted by molar-refractivity contribution is 9.10. The Morgan fingerprint density at radius 3 is 2.88 bits per heavy atom. The summed E-state index contributed by atoms with van der Waals surface area (Å²) in [7, 11) is 0. The van der Waals surface area contributed by atoms with Gasteiger partial charge in [-0.1, -0.05) is 35.8 Å². The van der Waals surface area contributed by atoms with Gasteiger partial charge in [-0.25, -0.2) is 0 Å². The maximum atomic E-state index is 12.0. The van der Waals surface area contributed by atoms with Crippen LogP contribution >= 0.6 is 15.9 Å². The minimum Gasteiger partial charge on any atom is -0.374 e. The molecule has 1 aliphatic rings. The summed E-state index contributed by atoms with van der Waals surface area (Å²) in [6.07, 6.45) is -0.00256. The molecule has 0 aromatic heterocycles. The monoisotopic (exact) mass is 411 g/mol. The molecule has 0 radical (unpaired) electrons. The van der Waals surface area contributed by atoms with Crippen LogP contribution in [-0.4, -0.2) is 62.1 Å². The highest BCUT2D eigenvalue weighted by Crippen LogP contribution is 2.11. The van der Waals surface area contributed by atoms with Gasteiger partial charge in [-0.2, -0.15) is 0 Å². The second-order valence-corrected chi connectivity index (χ2v) is 7.56. The molecule has 1 heterocycles. The molecule has 1 aliphatic heterocycles. The lowest BCUT2D eigenvalue weighted by molar-refractivity contribution is -0.121. The van der Waals surface area contributed by atoms with E-state index < -0.39 is 0 Å². The predicted octanol–water partition coefficient (Wildman–Crippen LogP) is 1.65. The Labute approximate surface area is 157 Å². The summed E-state index contributed by atoms with van der Waals surface area (Å²) in [4.78, 5) is 26.3. The first-order valence-electron chi connectivity index (χ1n) is 8.58. The van der Waals surface area contributed by atoms with Gasteiger partial charge in [0.1, 0.15) is 0 Å². The molecule has 0 saturated carbocycles. The van der Waals surface area contributed by atoms with E-state index in [9.17, 15) is 9.59 Å². The van der Waals surface area contributed by atoms with Crippen LogP contribution in [0.2, 0.25) is 0 Å². The Balaban J connectivity index is 1.69. The zero-order valence-electron chi connectivity index (χ0n) is 14.8. The maximum Gasteiger partial charge on any atom is 0.251 e. The summed E-state index contributed by atoms with van der Waals surface area (Å²) in [5.41, 5.74) is 0.516. The minimum absolute atomic E-state index is 0.00256. The van der Waals surface area contributed by atoms with E-state index in [2.05, 4.69) is 45.3 Å². The predicted molar refractivity (Wildman–Crippen MR) is 101 cm³/mol. The number of amides is 2. The fraction of sp³-hybridized carbons (Fsp3) is 0.556. The number of rotatable bonds is 7. The molecule has 2 amide bonds. The molecule has 1 saturated heterocycles. The first-order valence-corrected chi connectivity index (χ1v) is 9.37. The van der Waals surface area contributed by atoms with E-state index >= 15 is 0 Å². The number of hydrogen-bond acceptors (Lipinski definition) is 4. The average Bonchev–Trinajstić information content (AvgIpc) is 2.57. The van der Waals surface area contributed by atoms with Crippen molar-refractivity contribution in [1.82, 2.24) is 15.5 Å². The van der Waals surface area contributed by atoms with E-state index in [0.29, 0.717) is 24.6 Å². The number of nitrogens with zero attached hydrogens (tertiary/aromatic N) is 1. The number of nitrogens with one attached hydrogen (secondary N) is 2. The standard InChI is InChI=1S/C18H26BrN3O3/c1-13(2)11-22-6-7-25-16(12-22)9-20-17(23)10-21-18(24)14-4-3-5-15(19)8-14/h3-5,8,13,16H,6-7,9-12H2,1-2H3,(H,20,23)(H,21,24). The molecule has 138 valence electrons.